The van der Waals surface area contributed by atoms with E-state index < -0.39 is 0 Å². The first kappa shape index (κ1) is 14.3. The lowest BCUT2D eigenvalue weighted by Crippen LogP contribution is -2.19. The molecule has 2 rings (SSSR count). The van der Waals surface area contributed by atoms with Gasteiger partial charge in [0.2, 0.25) is 11.8 Å². The summed E-state index contributed by atoms with van der Waals surface area (Å²) in [7, 11) is 1.50. The second-order valence-electron chi connectivity index (χ2n) is 4.51. The second kappa shape index (κ2) is 6.38. The Morgan fingerprint density at radius 1 is 1.40 bits per heavy atom. The van der Waals surface area contributed by atoms with Crippen LogP contribution >= 0.6 is 0 Å². The Bertz CT molecular complexity index is 569. The second-order valence-corrected chi connectivity index (χ2v) is 4.51. The highest BCUT2D eigenvalue weighted by Gasteiger charge is 2.15. The van der Waals surface area contributed by atoms with E-state index in [2.05, 4.69) is 22.4 Å². The highest BCUT2D eigenvalue weighted by molar-refractivity contribution is 5.59. The maximum Gasteiger partial charge on any atom is 0.247 e. The molecule has 0 amide bonds. The van der Waals surface area contributed by atoms with Crippen LogP contribution in [0.1, 0.15) is 32.2 Å². The number of methoxy groups -OCH3 is 1. The SMILES string of the molecule is CCCNC(C)c1nnc(-c2ccc(OC)c(O)c2)o1. The fourth-order valence-corrected chi connectivity index (χ4v) is 1.80. The van der Waals surface area contributed by atoms with Gasteiger partial charge in [0.25, 0.3) is 0 Å². The van der Waals surface area contributed by atoms with Crippen LogP contribution in [-0.2, 0) is 0 Å². The Labute approximate surface area is 117 Å². The van der Waals surface area contributed by atoms with Crippen molar-refractivity contribution in [3.63, 3.8) is 0 Å². The number of hydrogen-bond acceptors (Lipinski definition) is 6. The lowest BCUT2D eigenvalue weighted by atomic mass is 10.2. The molecule has 1 heterocycles. The minimum absolute atomic E-state index is 0.00282. The summed E-state index contributed by atoms with van der Waals surface area (Å²) in [6, 6.07) is 4.97. The van der Waals surface area contributed by atoms with Crippen molar-refractivity contribution in [2.45, 2.75) is 26.3 Å². The Hall–Kier alpha value is -2.08. The number of phenolic OH excluding ortho intramolecular Hbond substituents is 1. The fraction of sp³-hybridized carbons (Fsp3) is 0.429. The number of aromatic nitrogens is 2. The lowest BCUT2D eigenvalue weighted by molar-refractivity contribution is 0.373. The van der Waals surface area contributed by atoms with Gasteiger partial charge in [-0.05, 0) is 38.1 Å². The summed E-state index contributed by atoms with van der Waals surface area (Å²) in [5.41, 5.74) is 0.657. The molecule has 0 aliphatic carbocycles. The molecule has 1 aromatic carbocycles. The Kier molecular flexibility index (Phi) is 4.57. The average Bonchev–Trinajstić information content (AvgIpc) is 2.94. The van der Waals surface area contributed by atoms with Crippen molar-refractivity contribution < 1.29 is 14.3 Å². The van der Waals surface area contributed by atoms with Gasteiger partial charge in [0, 0.05) is 5.56 Å². The Morgan fingerprint density at radius 3 is 2.85 bits per heavy atom. The molecule has 0 saturated heterocycles. The molecule has 108 valence electrons. The highest BCUT2D eigenvalue weighted by Crippen LogP contribution is 2.31. The van der Waals surface area contributed by atoms with Gasteiger partial charge in [-0.1, -0.05) is 6.92 Å². The van der Waals surface area contributed by atoms with Crippen LogP contribution in [0.15, 0.2) is 22.6 Å². The quantitative estimate of drug-likeness (QED) is 0.844. The van der Waals surface area contributed by atoms with Crippen molar-refractivity contribution in [3.8, 4) is 23.0 Å². The van der Waals surface area contributed by atoms with Gasteiger partial charge in [-0.2, -0.15) is 0 Å². The third kappa shape index (κ3) is 3.08. The van der Waals surface area contributed by atoms with E-state index in [0.29, 0.717) is 23.1 Å². The number of nitrogens with zero attached hydrogens (tertiary/aromatic N) is 2. The molecule has 20 heavy (non-hydrogen) atoms. The summed E-state index contributed by atoms with van der Waals surface area (Å²) in [5, 5.41) is 21.1. The molecule has 0 bridgehead atoms. The first-order valence-electron chi connectivity index (χ1n) is 6.59. The summed E-state index contributed by atoms with van der Waals surface area (Å²) in [4.78, 5) is 0. The van der Waals surface area contributed by atoms with Crippen molar-refractivity contribution in [2.75, 3.05) is 13.7 Å². The standard InChI is InChI=1S/C14H19N3O3/c1-4-7-15-9(2)13-16-17-14(20-13)10-5-6-12(19-3)11(18)8-10/h5-6,8-9,15,18H,4,7H2,1-3H3. The smallest absolute Gasteiger partial charge is 0.247 e. The van der Waals surface area contributed by atoms with E-state index in [4.69, 9.17) is 9.15 Å². The largest absolute Gasteiger partial charge is 0.504 e. The van der Waals surface area contributed by atoms with Gasteiger partial charge in [-0.25, -0.2) is 0 Å². The third-order valence-electron chi connectivity index (χ3n) is 2.94. The minimum atomic E-state index is 0.00282. The van der Waals surface area contributed by atoms with Crippen LogP contribution in [0.4, 0.5) is 0 Å². The van der Waals surface area contributed by atoms with Crippen molar-refractivity contribution in [1.82, 2.24) is 15.5 Å². The molecule has 0 saturated carbocycles. The summed E-state index contributed by atoms with van der Waals surface area (Å²) in [5.74, 6) is 1.36. The molecule has 0 radical (unpaired) electrons. The summed E-state index contributed by atoms with van der Waals surface area (Å²) in [6.45, 7) is 4.96. The van der Waals surface area contributed by atoms with Gasteiger partial charge < -0.3 is 19.6 Å². The molecule has 2 aromatic rings. The van der Waals surface area contributed by atoms with Crippen LogP contribution in [-0.4, -0.2) is 29.0 Å². The van der Waals surface area contributed by atoms with Crippen molar-refractivity contribution in [1.29, 1.82) is 0 Å². The summed E-state index contributed by atoms with van der Waals surface area (Å²) < 4.78 is 10.6. The van der Waals surface area contributed by atoms with Crippen LogP contribution in [0.25, 0.3) is 11.5 Å². The molecule has 1 atom stereocenters. The van der Waals surface area contributed by atoms with E-state index in [9.17, 15) is 5.11 Å². The third-order valence-corrected chi connectivity index (χ3v) is 2.94. The van der Waals surface area contributed by atoms with Gasteiger partial charge in [-0.3, -0.25) is 0 Å². The van der Waals surface area contributed by atoms with Gasteiger partial charge in [0.15, 0.2) is 11.5 Å². The maximum atomic E-state index is 9.76. The van der Waals surface area contributed by atoms with E-state index in [1.165, 1.54) is 7.11 Å². The van der Waals surface area contributed by atoms with E-state index in [-0.39, 0.29) is 11.8 Å². The summed E-state index contributed by atoms with van der Waals surface area (Å²) in [6.07, 6.45) is 1.04. The number of phenols is 1. The highest BCUT2D eigenvalue weighted by atomic mass is 16.5. The van der Waals surface area contributed by atoms with Crippen molar-refractivity contribution in [3.05, 3.63) is 24.1 Å². The first-order chi connectivity index (χ1) is 9.65. The number of nitrogens with one attached hydrogen (secondary N) is 1. The number of hydrogen-bond donors (Lipinski definition) is 2. The van der Waals surface area contributed by atoms with E-state index in [1.54, 1.807) is 18.2 Å². The van der Waals surface area contributed by atoms with Crippen LogP contribution in [0.3, 0.4) is 0 Å². The molecular formula is C14H19N3O3. The van der Waals surface area contributed by atoms with Gasteiger partial charge in [-0.15, -0.1) is 10.2 Å². The number of aromatic hydroxyl groups is 1. The van der Waals surface area contributed by atoms with Crippen LogP contribution in [0, 0.1) is 0 Å². The zero-order valence-corrected chi connectivity index (χ0v) is 11.9. The van der Waals surface area contributed by atoms with E-state index >= 15 is 0 Å². The molecule has 0 aliphatic heterocycles. The number of rotatable bonds is 6. The molecule has 6 heteroatoms. The molecule has 6 nitrogen and oxygen atoms in total. The topological polar surface area (TPSA) is 80.4 Å². The zero-order valence-electron chi connectivity index (χ0n) is 11.9. The molecule has 1 aromatic heterocycles. The molecule has 1 unspecified atom stereocenters. The van der Waals surface area contributed by atoms with Gasteiger partial charge in [0.1, 0.15) is 0 Å². The lowest BCUT2D eigenvalue weighted by Gasteiger charge is -2.07. The predicted octanol–water partition coefficient (Wildman–Crippen LogP) is 2.51. The van der Waals surface area contributed by atoms with Crippen LogP contribution < -0.4 is 10.1 Å². The molecule has 0 fully saturated rings. The van der Waals surface area contributed by atoms with E-state index in [1.807, 2.05) is 6.92 Å². The maximum absolute atomic E-state index is 9.76. The Balaban J connectivity index is 2.18. The van der Waals surface area contributed by atoms with Crippen LogP contribution in [0.5, 0.6) is 11.5 Å². The molecular weight excluding hydrogens is 258 g/mol. The summed E-state index contributed by atoms with van der Waals surface area (Å²) >= 11 is 0. The number of benzene rings is 1. The zero-order chi connectivity index (χ0) is 14.5. The molecule has 0 aliphatic rings. The number of ether oxygens (including phenoxy) is 1. The average molecular weight is 277 g/mol. The van der Waals surface area contributed by atoms with Gasteiger partial charge >= 0.3 is 0 Å². The van der Waals surface area contributed by atoms with Gasteiger partial charge in [0.05, 0.1) is 13.2 Å². The Morgan fingerprint density at radius 2 is 2.20 bits per heavy atom. The van der Waals surface area contributed by atoms with Crippen molar-refractivity contribution >= 4 is 0 Å². The normalized spacial score (nSPS) is 12.3. The first-order valence-corrected chi connectivity index (χ1v) is 6.59. The minimum Gasteiger partial charge on any atom is -0.504 e. The van der Waals surface area contributed by atoms with Crippen LogP contribution in [0.2, 0.25) is 0 Å². The fourth-order valence-electron chi connectivity index (χ4n) is 1.80. The van der Waals surface area contributed by atoms with Crippen molar-refractivity contribution in [2.24, 2.45) is 0 Å². The van der Waals surface area contributed by atoms with E-state index in [0.717, 1.165) is 13.0 Å². The molecule has 0 spiro atoms. The monoisotopic (exact) mass is 277 g/mol. The molecule has 2 N–H and O–H groups in total. The predicted molar refractivity (Wildman–Crippen MR) is 74.7 cm³/mol.